The molecular formula is C17H15F2N3O4. The molecule has 2 aromatic rings. The van der Waals surface area contributed by atoms with E-state index in [1.165, 1.54) is 12.1 Å². The van der Waals surface area contributed by atoms with Gasteiger partial charge in [0.1, 0.15) is 17.3 Å². The number of hydrogen-bond acceptors (Lipinski definition) is 5. The second-order valence-corrected chi connectivity index (χ2v) is 5.64. The predicted molar refractivity (Wildman–Crippen MR) is 90.4 cm³/mol. The van der Waals surface area contributed by atoms with Crippen molar-refractivity contribution in [2.75, 3.05) is 36.5 Å². The zero-order chi connectivity index (χ0) is 18.7. The summed E-state index contributed by atoms with van der Waals surface area (Å²) < 4.78 is 31.8. The zero-order valence-electron chi connectivity index (χ0n) is 13.6. The van der Waals surface area contributed by atoms with Crippen molar-refractivity contribution in [3.05, 3.63) is 63.7 Å². The van der Waals surface area contributed by atoms with Gasteiger partial charge in [-0.25, -0.2) is 8.78 Å². The largest absolute Gasteiger partial charge is 0.378 e. The molecule has 0 atom stereocenters. The van der Waals surface area contributed by atoms with E-state index < -0.39 is 22.5 Å². The first-order valence-electron chi connectivity index (χ1n) is 7.83. The predicted octanol–water partition coefficient (Wildman–Crippen LogP) is 2.96. The quantitative estimate of drug-likeness (QED) is 0.667. The molecule has 0 bridgehead atoms. The zero-order valence-corrected chi connectivity index (χ0v) is 13.6. The summed E-state index contributed by atoms with van der Waals surface area (Å²) in [5.74, 6) is -2.43. The number of carbonyl (C=O) groups excluding carboxylic acids is 1. The summed E-state index contributed by atoms with van der Waals surface area (Å²) in [7, 11) is 0. The number of benzene rings is 2. The average Bonchev–Trinajstić information content (AvgIpc) is 2.64. The van der Waals surface area contributed by atoms with Crippen LogP contribution in [0.25, 0.3) is 0 Å². The van der Waals surface area contributed by atoms with Gasteiger partial charge in [0.2, 0.25) is 0 Å². The van der Waals surface area contributed by atoms with Crippen molar-refractivity contribution >= 4 is 23.0 Å². The Balaban J connectivity index is 1.86. The highest BCUT2D eigenvalue weighted by Gasteiger charge is 2.23. The first kappa shape index (κ1) is 17.7. The second-order valence-electron chi connectivity index (χ2n) is 5.64. The smallest absolute Gasteiger partial charge is 0.293 e. The van der Waals surface area contributed by atoms with Gasteiger partial charge >= 0.3 is 0 Å². The highest BCUT2D eigenvalue weighted by molar-refractivity contribution is 6.05. The first-order valence-corrected chi connectivity index (χ1v) is 7.83. The van der Waals surface area contributed by atoms with Crippen LogP contribution in [0.4, 0.5) is 25.8 Å². The fraction of sp³-hybridized carbons (Fsp3) is 0.235. The third-order valence-electron chi connectivity index (χ3n) is 3.97. The fourth-order valence-corrected chi connectivity index (χ4v) is 2.67. The van der Waals surface area contributed by atoms with Crippen LogP contribution in [0.5, 0.6) is 0 Å². The van der Waals surface area contributed by atoms with E-state index in [1.54, 1.807) is 0 Å². The van der Waals surface area contributed by atoms with Crippen molar-refractivity contribution in [1.29, 1.82) is 0 Å². The molecule has 0 saturated carbocycles. The molecule has 0 aliphatic carbocycles. The molecule has 0 spiro atoms. The molecule has 9 heteroatoms. The van der Waals surface area contributed by atoms with Gasteiger partial charge in [-0.2, -0.15) is 0 Å². The summed E-state index contributed by atoms with van der Waals surface area (Å²) in [5, 5.41) is 13.7. The molecule has 1 N–H and O–H groups in total. The van der Waals surface area contributed by atoms with Gasteiger partial charge in [-0.1, -0.05) is 0 Å². The topological polar surface area (TPSA) is 84.7 Å². The molecule has 0 unspecified atom stereocenters. The number of amides is 1. The second kappa shape index (κ2) is 7.44. The molecule has 7 nitrogen and oxygen atoms in total. The van der Waals surface area contributed by atoms with Gasteiger partial charge in [0.25, 0.3) is 11.6 Å². The number of ether oxygens (including phenoxy) is 1. The van der Waals surface area contributed by atoms with Crippen LogP contribution in [0.1, 0.15) is 10.4 Å². The van der Waals surface area contributed by atoms with E-state index in [-0.39, 0.29) is 16.9 Å². The number of carbonyl (C=O) groups is 1. The van der Waals surface area contributed by atoms with E-state index in [2.05, 4.69) is 5.32 Å². The highest BCUT2D eigenvalue weighted by Crippen LogP contribution is 2.30. The molecule has 1 aliphatic rings. The normalized spacial score (nSPS) is 14.2. The number of rotatable bonds is 4. The first-order chi connectivity index (χ1) is 12.5. The molecule has 1 saturated heterocycles. The van der Waals surface area contributed by atoms with Gasteiger partial charge in [-0.05, 0) is 24.3 Å². The van der Waals surface area contributed by atoms with Crippen LogP contribution in [-0.4, -0.2) is 37.1 Å². The maximum atomic E-state index is 13.7. The van der Waals surface area contributed by atoms with Crippen LogP contribution in [0.3, 0.4) is 0 Å². The number of nitro groups is 1. The van der Waals surface area contributed by atoms with Crippen molar-refractivity contribution in [2.24, 2.45) is 0 Å². The minimum atomic E-state index is -0.933. The Morgan fingerprint density at radius 2 is 1.88 bits per heavy atom. The third kappa shape index (κ3) is 3.77. The van der Waals surface area contributed by atoms with E-state index >= 15 is 0 Å². The third-order valence-corrected chi connectivity index (χ3v) is 3.97. The van der Waals surface area contributed by atoms with Crippen LogP contribution < -0.4 is 10.2 Å². The maximum absolute atomic E-state index is 13.7. The standard InChI is InChI=1S/C17H15F2N3O4/c18-12-2-3-14(13(19)10-12)20-17(23)11-1-4-15(16(9-11)22(24)25)21-5-7-26-8-6-21/h1-4,9-10H,5-8H2,(H,20,23). The van der Waals surface area contributed by atoms with Crippen molar-refractivity contribution in [2.45, 2.75) is 0 Å². The van der Waals surface area contributed by atoms with E-state index in [0.717, 1.165) is 18.2 Å². The number of anilines is 2. The monoisotopic (exact) mass is 363 g/mol. The van der Waals surface area contributed by atoms with Gasteiger partial charge in [0.15, 0.2) is 0 Å². The van der Waals surface area contributed by atoms with E-state index in [9.17, 15) is 23.7 Å². The van der Waals surface area contributed by atoms with Gasteiger partial charge in [-0.3, -0.25) is 14.9 Å². The minimum Gasteiger partial charge on any atom is -0.378 e. The van der Waals surface area contributed by atoms with Crippen LogP contribution >= 0.6 is 0 Å². The van der Waals surface area contributed by atoms with Crippen LogP contribution in [0.2, 0.25) is 0 Å². The van der Waals surface area contributed by atoms with Gasteiger partial charge in [-0.15, -0.1) is 0 Å². The lowest BCUT2D eigenvalue weighted by Crippen LogP contribution is -2.36. The van der Waals surface area contributed by atoms with Gasteiger partial charge in [0, 0.05) is 30.8 Å². The number of nitrogens with zero attached hydrogens (tertiary/aromatic N) is 2. The van der Waals surface area contributed by atoms with Gasteiger partial charge < -0.3 is 15.0 Å². The summed E-state index contributed by atoms with van der Waals surface area (Å²) in [6.45, 7) is 1.94. The molecule has 136 valence electrons. The molecule has 1 fully saturated rings. The summed E-state index contributed by atoms with van der Waals surface area (Å²) in [6.07, 6.45) is 0. The van der Waals surface area contributed by atoms with E-state index in [1.807, 2.05) is 4.90 Å². The highest BCUT2D eigenvalue weighted by atomic mass is 19.1. The fourth-order valence-electron chi connectivity index (χ4n) is 2.67. The van der Waals surface area contributed by atoms with Crippen LogP contribution in [0.15, 0.2) is 36.4 Å². The van der Waals surface area contributed by atoms with Crippen LogP contribution in [0, 0.1) is 21.7 Å². The van der Waals surface area contributed by atoms with Crippen molar-refractivity contribution < 1.29 is 23.2 Å². The Morgan fingerprint density at radius 3 is 2.54 bits per heavy atom. The Hall–Kier alpha value is -3.07. The number of morpholine rings is 1. The lowest BCUT2D eigenvalue weighted by atomic mass is 10.1. The SMILES string of the molecule is O=C(Nc1ccc(F)cc1F)c1ccc(N2CCOCC2)c([N+](=O)[O-])c1. The van der Waals surface area contributed by atoms with Crippen LogP contribution in [-0.2, 0) is 4.74 Å². The number of hydrogen-bond donors (Lipinski definition) is 1. The summed E-state index contributed by atoms with van der Waals surface area (Å²) in [6, 6.07) is 6.77. The molecule has 26 heavy (non-hydrogen) atoms. The number of halogens is 2. The average molecular weight is 363 g/mol. The summed E-state index contributed by atoms with van der Waals surface area (Å²) >= 11 is 0. The van der Waals surface area contributed by atoms with E-state index in [0.29, 0.717) is 38.1 Å². The minimum absolute atomic E-state index is 0.00238. The maximum Gasteiger partial charge on any atom is 0.293 e. The summed E-state index contributed by atoms with van der Waals surface area (Å²) in [5.41, 5.74) is -0.0457. The Morgan fingerprint density at radius 1 is 1.15 bits per heavy atom. The lowest BCUT2D eigenvalue weighted by molar-refractivity contribution is -0.384. The number of nitrogens with one attached hydrogen (secondary N) is 1. The molecule has 0 aromatic heterocycles. The molecule has 1 heterocycles. The number of nitro benzene ring substituents is 1. The molecule has 3 rings (SSSR count). The molecular weight excluding hydrogens is 348 g/mol. The molecule has 0 radical (unpaired) electrons. The van der Waals surface area contributed by atoms with Crippen molar-refractivity contribution in [3.63, 3.8) is 0 Å². The Kier molecular flexibility index (Phi) is 5.08. The van der Waals surface area contributed by atoms with E-state index in [4.69, 9.17) is 4.74 Å². The molecule has 1 aliphatic heterocycles. The van der Waals surface area contributed by atoms with Crippen molar-refractivity contribution in [1.82, 2.24) is 0 Å². The summed E-state index contributed by atoms with van der Waals surface area (Å²) in [4.78, 5) is 24.9. The van der Waals surface area contributed by atoms with Gasteiger partial charge in [0.05, 0.1) is 23.8 Å². The molecule has 2 aromatic carbocycles. The molecule has 1 amide bonds. The Labute approximate surface area is 147 Å². The lowest BCUT2D eigenvalue weighted by Gasteiger charge is -2.28. The van der Waals surface area contributed by atoms with Crippen molar-refractivity contribution in [3.8, 4) is 0 Å². The Bertz CT molecular complexity index is 854.